The van der Waals surface area contributed by atoms with Gasteiger partial charge in [0, 0.05) is 38.3 Å². The number of ether oxygens (including phenoxy) is 1. The fourth-order valence-corrected chi connectivity index (χ4v) is 2.93. The molecule has 1 unspecified atom stereocenters. The van der Waals surface area contributed by atoms with E-state index in [4.69, 9.17) is 4.74 Å². The number of nitrogens with one attached hydrogen (secondary N) is 1. The van der Waals surface area contributed by atoms with Crippen molar-refractivity contribution in [3.63, 3.8) is 0 Å². The van der Waals surface area contributed by atoms with Gasteiger partial charge in [0.05, 0.1) is 24.9 Å². The molecule has 5 nitrogen and oxygen atoms in total. The van der Waals surface area contributed by atoms with Crippen molar-refractivity contribution in [3.8, 4) is 0 Å². The van der Waals surface area contributed by atoms with E-state index in [1.54, 1.807) is 0 Å². The number of likely N-dealkylation sites (N-methyl/N-ethyl adjacent to an activating group) is 1. The number of morpholine rings is 1. The lowest BCUT2D eigenvalue weighted by atomic mass is 10.1. The number of fused-ring (bicyclic) bond motifs is 1. The van der Waals surface area contributed by atoms with E-state index in [1.807, 2.05) is 0 Å². The Morgan fingerprint density at radius 2 is 2.39 bits per heavy atom. The predicted octanol–water partition coefficient (Wildman–Crippen LogP) is 0.168. The molecule has 0 saturated carbocycles. The molecule has 0 spiro atoms. The summed E-state index contributed by atoms with van der Waals surface area (Å²) in [5.41, 5.74) is 2.63. The van der Waals surface area contributed by atoms with Gasteiger partial charge < -0.3 is 19.5 Å². The maximum Gasteiger partial charge on any atom is 0.106 e. The summed E-state index contributed by atoms with van der Waals surface area (Å²) in [5.74, 6) is 1.13. The van der Waals surface area contributed by atoms with Gasteiger partial charge in [-0.05, 0) is 14.0 Å². The van der Waals surface area contributed by atoms with E-state index in [2.05, 4.69) is 33.7 Å². The van der Waals surface area contributed by atoms with Crippen molar-refractivity contribution in [3.05, 3.63) is 17.2 Å². The maximum atomic E-state index is 5.86. The van der Waals surface area contributed by atoms with E-state index >= 15 is 0 Å². The lowest BCUT2D eigenvalue weighted by molar-refractivity contribution is -0.0280. The van der Waals surface area contributed by atoms with Crippen LogP contribution in [0, 0.1) is 6.92 Å². The Balaban J connectivity index is 1.77. The molecule has 1 N–H and O–H groups in total. The van der Waals surface area contributed by atoms with Crippen LogP contribution in [0.1, 0.15) is 17.2 Å². The zero-order valence-corrected chi connectivity index (χ0v) is 11.3. The first-order valence-corrected chi connectivity index (χ1v) is 6.80. The van der Waals surface area contributed by atoms with Gasteiger partial charge in [-0.15, -0.1) is 0 Å². The number of aromatic nitrogens is 2. The average molecular weight is 250 g/mol. The van der Waals surface area contributed by atoms with Gasteiger partial charge in [0.2, 0.25) is 0 Å². The van der Waals surface area contributed by atoms with Crippen LogP contribution < -0.4 is 5.32 Å². The SMILES string of the molecule is Cc1nc2c(n1CC1CN(C)CCO1)CCNC2. The Bertz CT molecular complexity index is 429. The Kier molecular flexibility index (Phi) is 3.37. The van der Waals surface area contributed by atoms with E-state index in [9.17, 15) is 0 Å². The Hall–Kier alpha value is -0.910. The summed E-state index contributed by atoms with van der Waals surface area (Å²) in [4.78, 5) is 7.01. The zero-order chi connectivity index (χ0) is 12.5. The molecule has 3 heterocycles. The highest BCUT2D eigenvalue weighted by molar-refractivity contribution is 5.20. The van der Waals surface area contributed by atoms with Gasteiger partial charge in [-0.2, -0.15) is 0 Å². The summed E-state index contributed by atoms with van der Waals surface area (Å²) in [7, 11) is 2.16. The smallest absolute Gasteiger partial charge is 0.106 e. The van der Waals surface area contributed by atoms with Gasteiger partial charge in [-0.25, -0.2) is 4.98 Å². The fourth-order valence-electron chi connectivity index (χ4n) is 2.93. The van der Waals surface area contributed by atoms with Gasteiger partial charge in [-0.1, -0.05) is 0 Å². The van der Waals surface area contributed by atoms with E-state index in [1.165, 1.54) is 11.4 Å². The lowest BCUT2D eigenvalue weighted by Crippen LogP contribution is -2.42. The summed E-state index contributed by atoms with van der Waals surface area (Å²) < 4.78 is 8.22. The van der Waals surface area contributed by atoms with Crippen LogP contribution in [-0.2, 0) is 24.2 Å². The highest BCUT2D eigenvalue weighted by atomic mass is 16.5. The normalized spacial score (nSPS) is 25.1. The monoisotopic (exact) mass is 250 g/mol. The van der Waals surface area contributed by atoms with Gasteiger partial charge in [-0.3, -0.25) is 0 Å². The fraction of sp³-hybridized carbons (Fsp3) is 0.769. The van der Waals surface area contributed by atoms with Crippen LogP contribution in [0.5, 0.6) is 0 Å². The number of aryl methyl sites for hydroxylation is 1. The van der Waals surface area contributed by atoms with Crippen LogP contribution in [0.2, 0.25) is 0 Å². The second-order valence-electron chi connectivity index (χ2n) is 5.34. The molecule has 100 valence electrons. The molecule has 3 rings (SSSR count). The van der Waals surface area contributed by atoms with Crippen molar-refractivity contribution < 1.29 is 4.74 Å². The van der Waals surface area contributed by atoms with Gasteiger partial charge in [0.1, 0.15) is 5.82 Å². The van der Waals surface area contributed by atoms with Gasteiger partial charge in [0.25, 0.3) is 0 Å². The summed E-state index contributed by atoms with van der Waals surface area (Å²) in [5, 5.41) is 3.38. The molecule has 0 amide bonds. The average Bonchev–Trinajstić information content (AvgIpc) is 2.66. The van der Waals surface area contributed by atoms with Crippen molar-refractivity contribution in [1.29, 1.82) is 0 Å². The third kappa shape index (κ3) is 2.30. The summed E-state index contributed by atoms with van der Waals surface area (Å²) in [6.45, 7) is 7.92. The van der Waals surface area contributed by atoms with Crippen LogP contribution >= 0.6 is 0 Å². The summed E-state index contributed by atoms with van der Waals surface area (Å²) in [6, 6.07) is 0. The van der Waals surface area contributed by atoms with Crippen molar-refractivity contribution >= 4 is 0 Å². The molecular formula is C13H22N4O. The Morgan fingerprint density at radius 3 is 3.22 bits per heavy atom. The predicted molar refractivity (Wildman–Crippen MR) is 69.6 cm³/mol. The van der Waals surface area contributed by atoms with E-state index in [0.29, 0.717) is 6.10 Å². The van der Waals surface area contributed by atoms with Gasteiger partial charge in [0.15, 0.2) is 0 Å². The molecule has 1 saturated heterocycles. The second-order valence-corrected chi connectivity index (χ2v) is 5.34. The molecule has 2 aliphatic rings. The summed E-state index contributed by atoms with van der Waals surface area (Å²) >= 11 is 0. The Morgan fingerprint density at radius 1 is 1.50 bits per heavy atom. The van der Waals surface area contributed by atoms with Crippen LogP contribution in [0.25, 0.3) is 0 Å². The van der Waals surface area contributed by atoms with Crippen LogP contribution in [0.3, 0.4) is 0 Å². The minimum absolute atomic E-state index is 0.302. The molecule has 5 heteroatoms. The van der Waals surface area contributed by atoms with E-state index in [0.717, 1.165) is 51.6 Å². The van der Waals surface area contributed by atoms with E-state index < -0.39 is 0 Å². The van der Waals surface area contributed by atoms with Crippen LogP contribution in [-0.4, -0.2) is 53.8 Å². The van der Waals surface area contributed by atoms with Crippen molar-refractivity contribution in [1.82, 2.24) is 19.8 Å². The molecule has 1 atom stereocenters. The Labute approximate surface area is 108 Å². The first-order chi connectivity index (χ1) is 8.74. The molecule has 1 aromatic heterocycles. The zero-order valence-electron chi connectivity index (χ0n) is 11.3. The van der Waals surface area contributed by atoms with Crippen molar-refractivity contribution in [2.45, 2.75) is 32.5 Å². The molecule has 1 fully saturated rings. The first kappa shape index (κ1) is 12.1. The largest absolute Gasteiger partial charge is 0.374 e. The molecule has 0 aliphatic carbocycles. The minimum atomic E-state index is 0.302. The number of nitrogens with zero attached hydrogens (tertiary/aromatic N) is 3. The molecule has 0 radical (unpaired) electrons. The van der Waals surface area contributed by atoms with E-state index in [-0.39, 0.29) is 0 Å². The number of rotatable bonds is 2. The number of imidazole rings is 1. The third-order valence-corrected chi connectivity index (χ3v) is 3.91. The topological polar surface area (TPSA) is 42.3 Å². The van der Waals surface area contributed by atoms with Crippen molar-refractivity contribution in [2.24, 2.45) is 0 Å². The number of hydrogen-bond donors (Lipinski definition) is 1. The van der Waals surface area contributed by atoms with Gasteiger partial charge >= 0.3 is 0 Å². The molecular weight excluding hydrogens is 228 g/mol. The molecule has 2 aliphatic heterocycles. The molecule has 1 aromatic rings. The molecule has 0 bridgehead atoms. The highest BCUT2D eigenvalue weighted by Crippen LogP contribution is 2.17. The number of hydrogen-bond acceptors (Lipinski definition) is 4. The quantitative estimate of drug-likeness (QED) is 0.812. The van der Waals surface area contributed by atoms with Crippen LogP contribution in [0.4, 0.5) is 0 Å². The highest BCUT2D eigenvalue weighted by Gasteiger charge is 2.23. The minimum Gasteiger partial charge on any atom is -0.374 e. The first-order valence-electron chi connectivity index (χ1n) is 6.80. The summed E-state index contributed by atoms with van der Waals surface area (Å²) in [6.07, 6.45) is 1.38. The standard InChI is InChI=1S/C13H22N4O/c1-10-15-12-7-14-4-3-13(12)17(10)9-11-8-16(2)5-6-18-11/h11,14H,3-9H2,1-2H3. The van der Waals surface area contributed by atoms with Crippen LogP contribution in [0.15, 0.2) is 0 Å². The lowest BCUT2D eigenvalue weighted by Gasteiger charge is -2.31. The maximum absolute atomic E-state index is 5.86. The third-order valence-electron chi connectivity index (χ3n) is 3.91. The molecule has 0 aromatic carbocycles. The molecule has 18 heavy (non-hydrogen) atoms. The van der Waals surface area contributed by atoms with Crippen molar-refractivity contribution in [2.75, 3.05) is 33.3 Å². The second kappa shape index (κ2) is 4.99.